The first kappa shape index (κ1) is 31.0. The van der Waals surface area contributed by atoms with Crippen LogP contribution in [-0.4, -0.2) is 87.9 Å². The number of carboxylic acid groups (broad SMARTS) is 1. The highest BCUT2D eigenvalue weighted by molar-refractivity contribution is 5.94. The summed E-state index contributed by atoms with van der Waals surface area (Å²) >= 11 is 0. The number of aliphatic hydroxyl groups is 2. The van der Waals surface area contributed by atoms with Gasteiger partial charge >= 0.3 is 5.97 Å². The number of aliphatic hydroxyl groups excluding tert-OH is 2. The Labute approximate surface area is 198 Å². The quantitative estimate of drug-likeness (QED) is 0.0629. The van der Waals surface area contributed by atoms with Crippen LogP contribution >= 0.6 is 0 Å². The van der Waals surface area contributed by atoms with E-state index < -0.39 is 60.1 Å². The molecule has 14 nitrogen and oxygen atoms in total. The minimum Gasteiger partial charge on any atom is -0.480 e. The van der Waals surface area contributed by atoms with E-state index in [2.05, 4.69) is 20.9 Å². The molecule has 0 aliphatic heterocycles. The molecule has 0 rings (SSSR count). The standard InChI is InChI=1S/C20H39N7O7/c1-9(2)8-13(16(30)25-12(19(33)34)6-5-7-24-20(22)23)26-18(32)15(11(4)29)27-17(31)14(21)10(3)28/h9-15,28-29H,5-8,21H2,1-4H3,(H,25,30)(H,26,32)(H,27,31)(H,33,34)(H4,22,23,24). The van der Waals surface area contributed by atoms with Crippen molar-refractivity contribution in [2.24, 2.45) is 28.1 Å². The van der Waals surface area contributed by atoms with Crippen LogP contribution in [0.4, 0.5) is 0 Å². The van der Waals surface area contributed by atoms with E-state index in [4.69, 9.17) is 17.2 Å². The van der Waals surface area contributed by atoms with Crippen molar-refractivity contribution in [3.8, 4) is 0 Å². The summed E-state index contributed by atoms with van der Waals surface area (Å²) in [5.41, 5.74) is 16.0. The molecule has 0 aromatic carbocycles. The Hall–Kier alpha value is -2.97. The maximum atomic E-state index is 12.8. The number of rotatable bonds is 15. The second-order valence-corrected chi connectivity index (χ2v) is 8.53. The zero-order chi connectivity index (χ0) is 26.6. The molecule has 0 radical (unpaired) electrons. The van der Waals surface area contributed by atoms with Crippen molar-refractivity contribution < 1.29 is 34.5 Å². The van der Waals surface area contributed by atoms with E-state index >= 15 is 0 Å². The molecule has 0 fully saturated rings. The summed E-state index contributed by atoms with van der Waals surface area (Å²) in [5.74, 6) is -3.95. The van der Waals surface area contributed by atoms with Crippen molar-refractivity contribution in [3.63, 3.8) is 0 Å². The lowest BCUT2D eigenvalue weighted by Crippen LogP contribution is -2.60. The van der Waals surface area contributed by atoms with Crippen LogP contribution in [0.5, 0.6) is 0 Å². The van der Waals surface area contributed by atoms with Crippen molar-refractivity contribution in [2.75, 3.05) is 6.54 Å². The molecule has 0 aromatic rings. The molecule has 0 aliphatic carbocycles. The number of hydrogen-bond donors (Lipinski definition) is 9. The number of amides is 3. The Morgan fingerprint density at radius 1 is 0.853 bits per heavy atom. The maximum absolute atomic E-state index is 12.8. The van der Waals surface area contributed by atoms with E-state index in [0.29, 0.717) is 0 Å². The van der Waals surface area contributed by atoms with Gasteiger partial charge in [0, 0.05) is 6.54 Å². The van der Waals surface area contributed by atoms with Gasteiger partial charge < -0.3 is 48.5 Å². The number of carboxylic acids is 1. The zero-order valence-electron chi connectivity index (χ0n) is 20.0. The second kappa shape index (κ2) is 15.0. The van der Waals surface area contributed by atoms with Crippen molar-refractivity contribution in [3.05, 3.63) is 0 Å². The van der Waals surface area contributed by atoms with Gasteiger partial charge in [0.25, 0.3) is 0 Å². The Bertz CT molecular complexity index is 724. The lowest BCUT2D eigenvalue weighted by atomic mass is 10.0. The molecule has 6 unspecified atom stereocenters. The van der Waals surface area contributed by atoms with E-state index in [-0.39, 0.29) is 37.7 Å². The van der Waals surface area contributed by atoms with E-state index in [1.165, 1.54) is 13.8 Å². The van der Waals surface area contributed by atoms with Crippen molar-refractivity contribution in [1.29, 1.82) is 0 Å². The molecule has 196 valence electrons. The Morgan fingerprint density at radius 2 is 1.41 bits per heavy atom. The molecule has 0 bridgehead atoms. The first-order valence-electron chi connectivity index (χ1n) is 11.0. The first-order valence-corrected chi connectivity index (χ1v) is 11.0. The molecule has 12 N–H and O–H groups in total. The predicted octanol–water partition coefficient (Wildman–Crippen LogP) is -3.29. The van der Waals surface area contributed by atoms with Gasteiger partial charge in [-0.2, -0.15) is 0 Å². The fourth-order valence-corrected chi connectivity index (χ4v) is 2.87. The number of carbonyl (C=O) groups excluding carboxylic acids is 3. The number of guanidine groups is 1. The minimum atomic E-state index is -1.46. The summed E-state index contributed by atoms with van der Waals surface area (Å²) in [6.45, 7) is 6.32. The lowest BCUT2D eigenvalue weighted by Gasteiger charge is -2.27. The van der Waals surface area contributed by atoms with Gasteiger partial charge in [-0.05, 0) is 39.0 Å². The molecule has 0 saturated carbocycles. The van der Waals surface area contributed by atoms with Crippen molar-refractivity contribution >= 4 is 29.7 Å². The Morgan fingerprint density at radius 3 is 1.85 bits per heavy atom. The van der Waals surface area contributed by atoms with Gasteiger partial charge in [-0.15, -0.1) is 0 Å². The van der Waals surface area contributed by atoms with Crippen LogP contribution in [0.1, 0.15) is 47.0 Å². The Balaban J connectivity index is 5.40. The normalized spacial score (nSPS) is 16.4. The van der Waals surface area contributed by atoms with Crippen LogP contribution in [0.15, 0.2) is 4.99 Å². The number of nitrogens with one attached hydrogen (secondary N) is 3. The number of nitrogens with zero attached hydrogens (tertiary/aromatic N) is 1. The molecule has 0 aliphatic rings. The highest BCUT2D eigenvalue weighted by atomic mass is 16.4. The Kier molecular flexibility index (Phi) is 13.7. The third-order valence-corrected chi connectivity index (χ3v) is 4.79. The molecular formula is C20H39N7O7. The second-order valence-electron chi connectivity index (χ2n) is 8.53. The van der Waals surface area contributed by atoms with Crippen LogP contribution in [0.25, 0.3) is 0 Å². The lowest BCUT2D eigenvalue weighted by molar-refractivity contribution is -0.142. The van der Waals surface area contributed by atoms with E-state index in [0.717, 1.165) is 0 Å². The average molecular weight is 490 g/mol. The summed E-state index contributed by atoms with van der Waals surface area (Å²) in [4.78, 5) is 53.1. The molecule has 0 saturated heterocycles. The topological polar surface area (TPSA) is 255 Å². The molecule has 0 aromatic heterocycles. The highest BCUT2D eigenvalue weighted by Crippen LogP contribution is 2.08. The zero-order valence-corrected chi connectivity index (χ0v) is 20.0. The largest absolute Gasteiger partial charge is 0.480 e. The predicted molar refractivity (Wildman–Crippen MR) is 124 cm³/mol. The minimum absolute atomic E-state index is 0.0454. The van der Waals surface area contributed by atoms with Crippen LogP contribution in [0, 0.1) is 5.92 Å². The van der Waals surface area contributed by atoms with E-state index in [1.807, 2.05) is 0 Å². The van der Waals surface area contributed by atoms with E-state index in [9.17, 15) is 34.5 Å². The fraction of sp³-hybridized carbons (Fsp3) is 0.750. The van der Waals surface area contributed by atoms with E-state index in [1.54, 1.807) is 13.8 Å². The molecular weight excluding hydrogens is 450 g/mol. The maximum Gasteiger partial charge on any atom is 0.326 e. The number of nitrogens with two attached hydrogens (primary N) is 3. The highest BCUT2D eigenvalue weighted by Gasteiger charge is 2.33. The number of hydrogen-bond acceptors (Lipinski definition) is 8. The smallest absolute Gasteiger partial charge is 0.326 e. The number of aliphatic carboxylic acids is 1. The average Bonchev–Trinajstić information content (AvgIpc) is 2.71. The van der Waals surface area contributed by atoms with Gasteiger partial charge in [0.2, 0.25) is 17.7 Å². The third-order valence-electron chi connectivity index (χ3n) is 4.79. The van der Waals surface area contributed by atoms with Crippen molar-refractivity contribution in [1.82, 2.24) is 16.0 Å². The van der Waals surface area contributed by atoms with Gasteiger partial charge in [-0.3, -0.25) is 19.4 Å². The van der Waals surface area contributed by atoms with Crippen LogP contribution in [-0.2, 0) is 19.2 Å². The van der Waals surface area contributed by atoms with Gasteiger partial charge in [-0.1, -0.05) is 13.8 Å². The monoisotopic (exact) mass is 489 g/mol. The summed E-state index contributed by atoms with van der Waals surface area (Å²) in [5, 5.41) is 36.0. The molecule has 0 spiro atoms. The molecule has 0 heterocycles. The number of aliphatic imine (C=N–C) groups is 1. The summed E-state index contributed by atoms with van der Waals surface area (Å²) in [7, 11) is 0. The SMILES string of the molecule is CC(C)CC(NC(=O)C(NC(=O)C(N)C(C)O)C(C)O)C(=O)NC(CCCN=C(N)N)C(=O)O. The van der Waals surface area contributed by atoms with Gasteiger partial charge in [-0.25, -0.2) is 4.79 Å². The van der Waals surface area contributed by atoms with Gasteiger partial charge in [0.1, 0.15) is 24.2 Å². The van der Waals surface area contributed by atoms with Gasteiger partial charge in [0.05, 0.1) is 12.2 Å². The van der Waals surface area contributed by atoms with Crippen LogP contribution in [0.3, 0.4) is 0 Å². The summed E-state index contributed by atoms with van der Waals surface area (Å²) in [6.07, 6.45) is -2.06. The molecule has 6 atom stereocenters. The molecule has 34 heavy (non-hydrogen) atoms. The molecule has 3 amide bonds. The number of carbonyl (C=O) groups is 4. The van der Waals surface area contributed by atoms with Crippen LogP contribution in [0.2, 0.25) is 0 Å². The van der Waals surface area contributed by atoms with Gasteiger partial charge in [0.15, 0.2) is 5.96 Å². The molecule has 14 heteroatoms. The van der Waals surface area contributed by atoms with Crippen molar-refractivity contribution in [2.45, 2.75) is 83.3 Å². The van der Waals surface area contributed by atoms with Crippen LogP contribution < -0.4 is 33.2 Å². The fourth-order valence-electron chi connectivity index (χ4n) is 2.87. The first-order chi connectivity index (χ1) is 15.7. The summed E-state index contributed by atoms with van der Waals surface area (Å²) < 4.78 is 0. The summed E-state index contributed by atoms with van der Waals surface area (Å²) in [6, 6.07) is -5.19. The third kappa shape index (κ3) is 11.8.